The van der Waals surface area contributed by atoms with Crippen LogP contribution in [0.1, 0.15) is 0 Å². The Morgan fingerprint density at radius 2 is 2.67 bits per heavy atom. The van der Waals surface area contributed by atoms with Crippen LogP contribution in [0, 0.1) is 6.42 Å². The number of rotatable bonds is 0. The Kier molecular flexibility index (Phi) is 1.12. The molecule has 2 nitrogen and oxygen atoms in total. The molecule has 0 amide bonds. The van der Waals surface area contributed by atoms with Crippen molar-refractivity contribution in [2.24, 2.45) is 0 Å². The summed E-state index contributed by atoms with van der Waals surface area (Å²) in [5.41, 5.74) is 2.64. The summed E-state index contributed by atoms with van der Waals surface area (Å²) in [6.45, 7) is 0.816. The van der Waals surface area contributed by atoms with Crippen LogP contribution < -0.4 is 5.48 Å². The van der Waals surface area contributed by atoms with E-state index >= 15 is 0 Å². The van der Waals surface area contributed by atoms with Crippen LogP contribution in [0.15, 0.2) is 12.3 Å². The summed E-state index contributed by atoms with van der Waals surface area (Å²) >= 11 is 0. The van der Waals surface area contributed by atoms with Crippen LogP contribution in [-0.2, 0) is 4.84 Å². The highest BCUT2D eigenvalue weighted by Gasteiger charge is 1.85. The fraction of sp³-hybridized carbons (Fsp3) is 0.250. The molecule has 1 aliphatic rings. The van der Waals surface area contributed by atoms with E-state index in [1.807, 2.05) is 12.5 Å². The third kappa shape index (κ3) is 0.723. The fourth-order valence-electron chi connectivity index (χ4n) is 0.307. The lowest BCUT2D eigenvalue weighted by Gasteiger charge is -2.03. The van der Waals surface area contributed by atoms with E-state index in [-0.39, 0.29) is 0 Å². The monoisotopic (exact) mass is 84.0 g/mol. The van der Waals surface area contributed by atoms with Crippen molar-refractivity contribution in [2.45, 2.75) is 0 Å². The smallest absolute Gasteiger partial charge is 0.107 e. The molecular weight excluding hydrogens is 78.0 g/mol. The lowest BCUT2D eigenvalue weighted by Crippen LogP contribution is -2.15. The first kappa shape index (κ1) is 3.68. The normalized spacial score (nSPS) is 20.0. The third-order valence-electron chi connectivity index (χ3n) is 0.567. The lowest BCUT2D eigenvalue weighted by atomic mass is 10.4. The van der Waals surface area contributed by atoms with Crippen LogP contribution in [0.25, 0.3) is 0 Å². The predicted molar refractivity (Wildman–Crippen MR) is 22.5 cm³/mol. The van der Waals surface area contributed by atoms with Crippen molar-refractivity contribution in [1.82, 2.24) is 5.48 Å². The van der Waals surface area contributed by atoms with Gasteiger partial charge in [-0.25, -0.2) is 0 Å². The summed E-state index contributed by atoms with van der Waals surface area (Å²) < 4.78 is 0. The van der Waals surface area contributed by atoms with Gasteiger partial charge in [0.15, 0.2) is 0 Å². The van der Waals surface area contributed by atoms with Crippen LogP contribution in [0.3, 0.4) is 0 Å². The van der Waals surface area contributed by atoms with Gasteiger partial charge in [0.05, 0.1) is 0 Å². The van der Waals surface area contributed by atoms with Crippen molar-refractivity contribution in [3.05, 3.63) is 18.8 Å². The predicted octanol–water partition coefficient (Wildman–Crippen LogP) is 0.239. The zero-order valence-corrected chi connectivity index (χ0v) is 3.35. The third-order valence-corrected chi connectivity index (χ3v) is 0.567. The highest BCUT2D eigenvalue weighted by Crippen LogP contribution is 1.84. The Balaban J connectivity index is 2.26. The van der Waals surface area contributed by atoms with E-state index in [1.165, 1.54) is 0 Å². The van der Waals surface area contributed by atoms with Crippen molar-refractivity contribution in [1.29, 1.82) is 0 Å². The first-order chi connectivity index (χ1) is 3.00. The standard InChI is InChI=1S/C4H6NO/c1-2-4-6-5-3-1/h1-2,4-5H,3H2. The topological polar surface area (TPSA) is 21.3 Å². The number of hydroxylamine groups is 1. The van der Waals surface area contributed by atoms with Gasteiger partial charge in [0.2, 0.25) is 0 Å². The molecule has 2 heteroatoms. The molecule has 0 saturated carbocycles. The molecule has 0 aromatic carbocycles. The Hall–Kier alpha value is -0.500. The van der Waals surface area contributed by atoms with Crippen molar-refractivity contribution >= 4 is 0 Å². The van der Waals surface area contributed by atoms with Crippen molar-refractivity contribution < 1.29 is 4.84 Å². The molecule has 0 atom stereocenters. The van der Waals surface area contributed by atoms with Gasteiger partial charge in [-0.3, -0.25) is 0 Å². The average Bonchev–Trinajstić information content (AvgIpc) is 1.72. The van der Waals surface area contributed by atoms with Gasteiger partial charge in [-0.1, -0.05) is 0 Å². The SMILES string of the molecule is [CH]1C=CONC1. The van der Waals surface area contributed by atoms with E-state index in [4.69, 9.17) is 0 Å². The quantitative estimate of drug-likeness (QED) is 0.454. The Labute approximate surface area is 36.8 Å². The molecule has 1 rings (SSSR count). The van der Waals surface area contributed by atoms with Gasteiger partial charge >= 0.3 is 0 Å². The number of hydrogen-bond donors (Lipinski definition) is 1. The first-order valence-corrected chi connectivity index (χ1v) is 1.87. The molecule has 1 heterocycles. The second kappa shape index (κ2) is 1.82. The summed E-state index contributed by atoms with van der Waals surface area (Å²) in [6, 6.07) is 0. The molecule has 0 aliphatic carbocycles. The van der Waals surface area contributed by atoms with E-state index in [1.54, 1.807) is 6.26 Å². The zero-order valence-electron chi connectivity index (χ0n) is 3.35. The van der Waals surface area contributed by atoms with Gasteiger partial charge < -0.3 is 4.84 Å². The zero-order chi connectivity index (χ0) is 4.24. The molecule has 1 N–H and O–H groups in total. The van der Waals surface area contributed by atoms with Gasteiger partial charge in [0.1, 0.15) is 6.26 Å². The van der Waals surface area contributed by atoms with Crippen molar-refractivity contribution in [3.8, 4) is 0 Å². The van der Waals surface area contributed by atoms with E-state index in [0.717, 1.165) is 6.54 Å². The molecule has 0 aromatic heterocycles. The minimum Gasteiger partial charge on any atom is -0.417 e. The van der Waals surface area contributed by atoms with Gasteiger partial charge in [0, 0.05) is 13.0 Å². The number of hydrogen-bond acceptors (Lipinski definition) is 2. The molecular formula is C4H6NO. The van der Waals surface area contributed by atoms with Crippen molar-refractivity contribution in [2.75, 3.05) is 6.54 Å². The van der Waals surface area contributed by atoms with E-state index in [0.29, 0.717) is 0 Å². The summed E-state index contributed by atoms with van der Waals surface area (Å²) in [7, 11) is 0. The van der Waals surface area contributed by atoms with E-state index in [2.05, 4.69) is 10.3 Å². The maximum atomic E-state index is 4.61. The summed E-state index contributed by atoms with van der Waals surface area (Å²) in [4.78, 5) is 4.61. The first-order valence-electron chi connectivity index (χ1n) is 1.87. The van der Waals surface area contributed by atoms with Crippen LogP contribution in [0.5, 0.6) is 0 Å². The lowest BCUT2D eigenvalue weighted by molar-refractivity contribution is 0.135. The Morgan fingerprint density at radius 3 is 2.83 bits per heavy atom. The molecule has 1 aliphatic heterocycles. The minimum absolute atomic E-state index is 0.816. The highest BCUT2D eigenvalue weighted by atomic mass is 16.6. The maximum absolute atomic E-state index is 4.61. The van der Waals surface area contributed by atoms with E-state index in [9.17, 15) is 0 Å². The molecule has 1 radical (unpaired) electrons. The molecule has 0 fully saturated rings. The van der Waals surface area contributed by atoms with Gasteiger partial charge in [0.25, 0.3) is 0 Å². The van der Waals surface area contributed by atoms with Crippen LogP contribution >= 0.6 is 0 Å². The second-order valence-corrected chi connectivity index (χ2v) is 1.03. The molecule has 6 heavy (non-hydrogen) atoms. The van der Waals surface area contributed by atoms with Crippen LogP contribution in [0.2, 0.25) is 0 Å². The largest absolute Gasteiger partial charge is 0.417 e. The van der Waals surface area contributed by atoms with Gasteiger partial charge in [-0.05, 0) is 6.08 Å². The molecule has 33 valence electrons. The Morgan fingerprint density at radius 1 is 1.67 bits per heavy atom. The van der Waals surface area contributed by atoms with Crippen LogP contribution in [-0.4, -0.2) is 6.54 Å². The van der Waals surface area contributed by atoms with Gasteiger partial charge in [-0.2, -0.15) is 5.48 Å². The highest BCUT2D eigenvalue weighted by molar-refractivity contribution is 4.93. The summed E-state index contributed by atoms with van der Waals surface area (Å²) in [5.74, 6) is 0. The van der Waals surface area contributed by atoms with Crippen molar-refractivity contribution in [3.63, 3.8) is 0 Å². The molecule has 0 bridgehead atoms. The molecule has 0 saturated heterocycles. The number of nitrogens with one attached hydrogen (secondary N) is 1. The fourth-order valence-corrected chi connectivity index (χ4v) is 0.307. The van der Waals surface area contributed by atoms with Gasteiger partial charge in [-0.15, -0.1) is 0 Å². The minimum atomic E-state index is 0.816. The summed E-state index contributed by atoms with van der Waals surface area (Å²) in [5, 5.41) is 0. The van der Waals surface area contributed by atoms with E-state index < -0.39 is 0 Å². The second-order valence-electron chi connectivity index (χ2n) is 1.03. The van der Waals surface area contributed by atoms with Crippen LogP contribution in [0.4, 0.5) is 0 Å². The molecule has 0 aromatic rings. The Bertz CT molecular complexity index is 52.6. The molecule has 0 spiro atoms. The summed E-state index contributed by atoms with van der Waals surface area (Å²) in [6.07, 6.45) is 5.43. The molecule has 0 unspecified atom stereocenters. The average molecular weight is 84.1 g/mol. The maximum Gasteiger partial charge on any atom is 0.107 e.